The standard InChI is InChI=1S/C4H6F2N/c5-4(6)1-2-7-3-4/h2,7H,1,3H2. The first-order valence-corrected chi connectivity index (χ1v) is 2.14. The van der Waals surface area contributed by atoms with Crippen LogP contribution < -0.4 is 5.32 Å². The molecule has 0 unspecified atom stereocenters. The van der Waals surface area contributed by atoms with Gasteiger partial charge in [0.1, 0.15) is 0 Å². The Morgan fingerprint density at radius 2 is 2.29 bits per heavy atom. The summed E-state index contributed by atoms with van der Waals surface area (Å²) in [6.07, 6.45) is -0.118. The molecular formula is C4H6F2N. The molecule has 0 aliphatic carbocycles. The van der Waals surface area contributed by atoms with E-state index in [9.17, 15) is 8.78 Å². The summed E-state index contributed by atoms with van der Waals surface area (Å²) in [4.78, 5) is 0. The number of alkyl halides is 2. The molecule has 0 saturated carbocycles. The molecule has 0 aromatic carbocycles. The van der Waals surface area contributed by atoms with Crippen LogP contribution in [0.5, 0.6) is 0 Å². The highest BCUT2D eigenvalue weighted by atomic mass is 19.3. The van der Waals surface area contributed by atoms with E-state index >= 15 is 0 Å². The van der Waals surface area contributed by atoms with Gasteiger partial charge in [-0.05, 0) is 0 Å². The third-order valence-electron chi connectivity index (χ3n) is 0.906. The zero-order valence-electron chi connectivity index (χ0n) is 3.75. The monoisotopic (exact) mass is 106 g/mol. The average molecular weight is 106 g/mol. The third-order valence-corrected chi connectivity index (χ3v) is 0.906. The molecule has 0 atom stereocenters. The molecule has 41 valence electrons. The van der Waals surface area contributed by atoms with Gasteiger partial charge in [0.25, 0.3) is 5.92 Å². The van der Waals surface area contributed by atoms with E-state index in [2.05, 4.69) is 5.32 Å². The zero-order chi connectivity index (χ0) is 5.33. The third kappa shape index (κ3) is 1.09. The van der Waals surface area contributed by atoms with Crippen LogP contribution in [0.2, 0.25) is 0 Å². The number of rotatable bonds is 0. The fraction of sp³-hybridized carbons (Fsp3) is 0.750. The van der Waals surface area contributed by atoms with E-state index in [1.54, 1.807) is 0 Å². The van der Waals surface area contributed by atoms with Crippen LogP contribution in [-0.4, -0.2) is 12.5 Å². The Morgan fingerprint density at radius 3 is 2.43 bits per heavy atom. The van der Waals surface area contributed by atoms with Gasteiger partial charge in [0.2, 0.25) is 0 Å². The number of halogens is 2. The first kappa shape index (κ1) is 4.97. The van der Waals surface area contributed by atoms with E-state index in [-0.39, 0.29) is 13.0 Å². The SMILES string of the molecule is FC1(F)C[CH]NC1. The average Bonchev–Trinajstić information content (AvgIpc) is 1.84. The van der Waals surface area contributed by atoms with Crippen LogP contribution in [0.4, 0.5) is 8.78 Å². The highest BCUT2D eigenvalue weighted by Crippen LogP contribution is 2.22. The van der Waals surface area contributed by atoms with E-state index in [0.29, 0.717) is 0 Å². The van der Waals surface area contributed by atoms with E-state index in [0.717, 1.165) is 0 Å². The first-order valence-electron chi connectivity index (χ1n) is 2.14. The maximum Gasteiger partial charge on any atom is 0.261 e. The van der Waals surface area contributed by atoms with Crippen molar-refractivity contribution in [2.24, 2.45) is 0 Å². The van der Waals surface area contributed by atoms with Gasteiger partial charge in [0.15, 0.2) is 0 Å². The van der Waals surface area contributed by atoms with Crippen molar-refractivity contribution in [1.29, 1.82) is 0 Å². The smallest absolute Gasteiger partial charge is 0.261 e. The molecule has 1 N–H and O–H groups in total. The normalized spacial score (nSPS) is 28.3. The maximum absolute atomic E-state index is 11.9. The summed E-state index contributed by atoms with van der Waals surface area (Å²) in [6, 6.07) is 0. The minimum absolute atomic E-state index is 0.118. The van der Waals surface area contributed by atoms with Gasteiger partial charge in [-0.15, -0.1) is 0 Å². The van der Waals surface area contributed by atoms with E-state index in [4.69, 9.17) is 0 Å². The van der Waals surface area contributed by atoms with Gasteiger partial charge in [0, 0.05) is 13.0 Å². The van der Waals surface area contributed by atoms with Crippen LogP contribution in [0.25, 0.3) is 0 Å². The highest BCUT2D eigenvalue weighted by molar-refractivity contribution is 4.85. The molecular weight excluding hydrogens is 100 g/mol. The Labute approximate surface area is 40.7 Å². The minimum atomic E-state index is -2.47. The lowest BCUT2D eigenvalue weighted by Crippen LogP contribution is -2.18. The van der Waals surface area contributed by atoms with Crippen LogP contribution >= 0.6 is 0 Å². The highest BCUT2D eigenvalue weighted by Gasteiger charge is 2.32. The molecule has 1 radical (unpaired) electrons. The summed E-state index contributed by atoms with van der Waals surface area (Å²) in [5, 5.41) is 2.44. The molecule has 0 amide bonds. The quantitative estimate of drug-likeness (QED) is 0.481. The molecule has 1 rings (SSSR count). The van der Waals surface area contributed by atoms with Gasteiger partial charge >= 0.3 is 0 Å². The number of hydrogen-bond acceptors (Lipinski definition) is 1. The van der Waals surface area contributed by atoms with Gasteiger partial charge < -0.3 is 5.32 Å². The molecule has 1 aliphatic heterocycles. The van der Waals surface area contributed by atoms with Crippen molar-refractivity contribution in [1.82, 2.24) is 5.32 Å². The zero-order valence-corrected chi connectivity index (χ0v) is 3.75. The van der Waals surface area contributed by atoms with Crippen molar-refractivity contribution in [2.75, 3.05) is 6.54 Å². The van der Waals surface area contributed by atoms with Gasteiger partial charge in [-0.25, -0.2) is 8.78 Å². The number of hydrogen-bond donors (Lipinski definition) is 1. The lowest BCUT2D eigenvalue weighted by Gasteiger charge is -2.01. The Balaban J connectivity index is 2.40. The summed E-state index contributed by atoms with van der Waals surface area (Å²) in [5.74, 6) is -2.47. The maximum atomic E-state index is 11.9. The fourth-order valence-electron chi connectivity index (χ4n) is 0.515. The van der Waals surface area contributed by atoms with Gasteiger partial charge in [-0.1, -0.05) is 0 Å². The number of nitrogens with one attached hydrogen (secondary N) is 1. The molecule has 1 fully saturated rings. The lowest BCUT2D eigenvalue weighted by atomic mass is 10.3. The molecule has 1 heterocycles. The molecule has 7 heavy (non-hydrogen) atoms. The molecule has 0 aromatic rings. The van der Waals surface area contributed by atoms with Crippen LogP contribution in [0.15, 0.2) is 0 Å². The summed E-state index contributed by atoms with van der Waals surface area (Å²) < 4.78 is 23.7. The van der Waals surface area contributed by atoms with Gasteiger partial charge in [0.05, 0.1) is 6.54 Å². The summed E-state index contributed by atoms with van der Waals surface area (Å²) in [7, 11) is 0. The fourth-order valence-corrected chi connectivity index (χ4v) is 0.515. The minimum Gasteiger partial charge on any atom is -0.307 e. The van der Waals surface area contributed by atoms with Crippen LogP contribution in [0.3, 0.4) is 0 Å². The second kappa shape index (κ2) is 1.40. The molecule has 1 saturated heterocycles. The Bertz CT molecular complexity index is 64.1. The summed E-state index contributed by atoms with van der Waals surface area (Å²) in [6.45, 7) is 1.20. The molecule has 1 aliphatic rings. The summed E-state index contributed by atoms with van der Waals surface area (Å²) in [5.41, 5.74) is 0. The molecule has 0 spiro atoms. The van der Waals surface area contributed by atoms with Crippen molar-refractivity contribution in [3.05, 3.63) is 6.54 Å². The molecule has 0 aromatic heterocycles. The van der Waals surface area contributed by atoms with Crippen molar-refractivity contribution in [3.63, 3.8) is 0 Å². The van der Waals surface area contributed by atoms with Crippen LogP contribution in [-0.2, 0) is 0 Å². The molecule has 3 heteroatoms. The Morgan fingerprint density at radius 1 is 1.57 bits per heavy atom. The Hall–Kier alpha value is -0.180. The van der Waals surface area contributed by atoms with Gasteiger partial charge in [-0.2, -0.15) is 0 Å². The van der Waals surface area contributed by atoms with E-state index < -0.39 is 5.92 Å². The van der Waals surface area contributed by atoms with Crippen molar-refractivity contribution < 1.29 is 8.78 Å². The topological polar surface area (TPSA) is 12.0 Å². The second-order valence-electron chi connectivity index (χ2n) is 1.65. The van der Waals surface area contributed by atoms with Crippen LogP contribution in [0, 0.1) is 6.54 Å². The van der Waals surface area contributed by atoms with E-state index in [1.807, 2.05) is 0 Å². The lowest BCUT2D eigenvalue weighted by molar-refractivity contribution is 0.0253. The van der Waals surface area contributed by atoms with Crippen molar-refractivity contribution in [2.45, 2.75) is 12.3 Å². The molecule has 0 bridgehead atoms. The van der Waals surface area contributed by atoms with Crippen molar-refractivity contribution >= 4 is 0 Å². The van der Waals surface area contributed by atoms with Crippen LogP contribution in [0.1, 0.15) is 6.42 Å². The molecule has 1 nitrogen and oxygen atoms in total. The summed E-state index contributed by atoms with van der Waals surface area (Å²) >= 11 is 0. The second-order valence-corrected chi connectivity index (χ2v) is 1.65. The first-order chi connectivity index (χ1) is 3.21. The predicted molar refractivity (Wildman–Crippen MR) is 21.9 cm³/mol. The van der Waals surface area contributed by atoms with E-state index in [1.165, 1.54) is 6.54 Å². The Kier molecular flexibility index (Phi) is 0.995. The van der Waals surface area contributed by atoms with Gasteiger partial charge in [-0.3, -0.25) is 0 Å². The predicted octanol–water partition coefficient (Wildman–Crippen LogP) is 0.777. The largest absolute Gasteiger partial charge is 0.307 e. The van der Waals surface area contributed by atoms with Crippen molar-refractivity contribution in [3.8, 4) is 0 Å².